The Morgan fingerprint density at radius 3 is 2.42 bits per heavy atom. The molecule has 2 aromatic heterocycles. The minimum atomic E-state index is -0.280. The Hall–Kier alpha value is -4.17. The zero-order valence-corrected chi connectivity index (χ0v) is 21.9. The van der Waals surface area contributed by atoms with Gasteiger partial charge in [-0.2, -0.15) is 0 Å². The maximum Gasteiger partial charge on any atom is 0.252 e. The molecule has 0 aliphatic rings. The van der Waals surface area contributed by atoms with Crippen LogP contribution in [0.5, 0.6) is 0 Å². The number of aryl methyl sites for hydroxylation is 2. The number of rotatable bonds is 9. The molecule has 0 radical (unpaired) electrons. The molecule has 194 valence electrons. The summed E-state index contributed by atoms with van der Waals surface area (Å²) >= 11 is 0. The van der Waals surface area contributed by atoms with Crippen LogP contribution in [0.4, 0.5) is 4.39 Å². The Bertz CT molecular complexity index is 1590. The van der Waals surface area contributed by atoms with Gasteiger partial charge in [-0.15, -0.1) is 5.10 Å². The normalized spacial score (nSPS) is 12.3. The van der Waals surface area contributed by atoms with Gasteiger partial charge in [0.1, 0.15) is 5.82 Å². The number of hydrogen-bond donors (Lipinski definition) is 1. The highest BCUT2D eigenvalue weighted by atomic mass is 19.1. The van der Waals surface area contributed by atoms with E-state index in [9.17, 15) is 9.18 Å². The number of nitrogens with zero attached hydrogens (tertiary/aromatic N) is 5. The third kappa shape index (κ3) is 5.40. The third-order valence-electron chi connectivity index (χ3n) is 7.05. The Morgan fingerprint density at radius 2 is 1.68 bits per heavy atom. The van der Waals surface area contributed by atoms with Gasteiger partial charge in [0.05, 0.1) is 18.1 Å². The lowest BCUT2D eigenvalue weighted by molar-refractivity contribution is 0.161. The molecular weight excluding hydrogens is 479 g/mol. The summed E-state index contributed by atoms with van der Waals surface area (Å²) in [6.07, 6.45) is 0.736. The molecule has 1 atom stereocenters. The molecule has 3 aromatic carbocycles. The van der Waals surface area contributed by atoms with Crippen molar-refractivity contribution in [2.45, 2.75) is 52.9 Å². The highest BCUT2D eigenvalue weighted by Crippen LogP contribution is 2.27. The Morgan fingerprint density at radius 1 is 0.947 bits per heavy atom. The number of benzene rings is 3. The molecule has 0 unspecified atom stereocenters. The molecule has 0 spiro atoms. The van der Waals surface area contributed by atoms with Gasteiger partial charge in [-0.3, -0.25) is 9.69 Å². The second-order valence-electron chi connectivity index (χ2n) is 9.75. The van der Waals surface area contributed by atoms with E-state index >= 15 is 0 Å². The summed E-state index contributed by atoms with van der Waals surface area (Å²) < 4.78 is 15.2. The van der Waals surface area contributed by atoms with Gasteiger partial charge >= 0.3 is 0 Å². The first-order valence-corrected chi connectivity index (χ1v) is 12.8. The number of tetrazole rings is 1. The van der Waals surface area contributed by atoms with Crippen LogP contribution in [0, 0.1) is 19.7 Å². The first kappa shape index (κ1) is 25.5. The second-order valence-corrected chi connectivity index (χ2v) is 9.75. The van der Waals surface area contributed by atoms with Crippen molar-refractivity contribution in [3.8, 4) is 0 Å². The largest absolute Gasteiger partial charge is 0.321 e. The van der Waals surface area contributed by atoms with E-state index in [1.54, 1.807) is 16.8 Å². The lowest BCUT2D eigenvalue weighted by Gasteiger charge is -2.30. The topological polar surface area (TPSA) is 79.7 Å². The monoisotopic (exact) mass is 510 g/mol. The molecule has 0 fully saturated rings. The summed E-state index contributed by atoms with van der Waals surface area (Å²) in [7, 11) is 0. The van der Waals surface area contributed by atoms with Crippen LogP contribution in [-0.2, 0) is 19.6 Å². The number of aromatic nitrogens is 5. The van der Waals surface area contributed by atoms with Crippen LogP contribution in [0.2, 0.25) is 0 Å². The van der Waals surface area contributed by atoms with Crippen molar-refractivity contribution in [2.24, 2.45) is 0 Å². The molecule has 0 saturated heterocycles. The number of nitrogens with one attached hydrogen (secondary N) is 1. The minimum Gasteiger partial charge on any atom is -0.321 e. The zero-order valence-electron chi connectivity index (χ0n) is 21.9. The molecule has 1 N–H and O–H groups in total. The quantitative estimate of drug-likeness (QED) is 0.284. The molecule has 7 nitrogen and oxygen atoms in total. The number of aromatic amines is 1. The maximum absolute atomic E-state index is 13.4. The Balaban J connectivity index is 1.53. The second kappa shape index (κ2) is 11.1. The SMILES string of the molecule is CC[C@@H](c1nnnn1Cc1ccc(F)cc1)N(Cc1ccccc1)Cc1cc2c(C)ccc(C)c2[nH]c1=O. The van der Waals surface area contributed by atoms with Crippen LogP contribution in [0.25, 0.3) is 10.9 Å². The summed E-state index contributed by atoms with van der Waals surface area (Å²) in [6, 6.07) is 22.5. The zero-order chi connectivity index (χ0) is 26.6. The van der Waals surface area contributed by atoms with Crippen LogP contribution in [-0.4, -0.2) is 30.1 Å². The minimum absolute atomic E-state index is 0.0926. The van der Waals surface area contributed by atoms with E-state index in [0.29, 0.717) is 31.0 Å². The molecule has 5 rings (SSSR count). The van der Waals surface area contributed by atoms with Crippen LogP contribution >= 0.6 is 0 Å². The van der Waals surface area contributed by atoms with E-state index in [-0.39, 0.29) is 17.4 Å². The van der Waals surface area contributed by atoms with E-state index in [2.05, 4.69) is 57.5 Å². The Labute approximate surface area is 220 Å². The average Bonchev–Trinajstić information content (AvgIpc) is 3.37. The van der Waals surface area contributed by atoms with Crippen molar-refractivity contribution in [3.63, 3.8) is 0 Å². The van der Waals surface area contributed by atoms with Crippen molar-refractivity contribution < 1.29 is 4.39 Å². The van der Waals surface area contributed by atoms with E-state index in [1.165, 1.54) is 12.1 Å². The van der Waals surface area contributed by atoms with Crippen molar-refractivity contribution in [2.75, 3.05) is 0 Å². The van der Waals surface area contributed by atoms with Gasteiger partial charge in [0.25, 0.3) is 5.56 Å². The van der Waals surface area contributed by atoms with Gasteiger partial charge in [-0.25, -0.2) is 9.07 Å². The lowest BCUT2D eigenvalue weighted by Crippen LogP contribution is -2.32. The van der Waals surface area contributed by atoms with Gasteiger partial charge in [-0.1, -0.05) is 61.5 Å². The molecule has 0 bridgehead atoms. The van der Waals surface area contributed by atoms with E-state index < -0.39 is 0 Å². The molecule has 0 amide bonds. The fraction of sp³-hybridized carbons (Fsp3) is 0.267. The van der Waals surface area contributed by atoms with Crippen LogP contribution < -0.4 is 5.56 Å². The van der Waals surface area contributed by atoms with Crippen LogP contribution in [0.15, 0.2) is 77.6 Å². The molecule has 2 heterocycles. The number of pyridine rings is 1. The van der Waals surface area contributed by atoms with Gasteiger partial charge in [0.2, 0.25) is 0 Å². The first-order chi connectivity index (χ1) is 18.4. The van der Waals surface area contributed by atoms with Crippen molar-refractivity contribution >= 4 is 10.9 Å². The van der Waals surface area contributed by atoms with Crippen LogP contribution in [0.3, 0.4) is 0 Å². The molecular formula is C30H31FN6O. The van der Waals surface area contributed by atoms with Crippen molar-refractivity contribution in [1.82, 2.24) is 30.1 Å². The van der Waals surface area contributed by atoms with Crippen molar-refractivity contribution in [3.05, 3.63) is 123 Å². The summed E-state index contributed by atoms with van der Waals surface area (Å²) in [4.78, 5) is 18.6. The number of halogens is 1. The summed E-state index contributed by atoms with van der Waals surface area (Å²) in [6.45, 7) is 7.63. The van der Waals surface area contributed by atoms with Crippen molar-refractivity contribution in [1.29, 1.82) is 0 Å². The summed E-state index contributed by atoms with van der Waals surface area (Å²) in [5.41, 5.74) is 5.68. The number of H-pyrrole nitrogens is 1. The molecule has 38 heavy (non-hydrogen) atoms. The van der Waals surface area contributed by atoms with Gasteiger partial charge in [0.15, 0.2) is 5.82 Å². The number of fused-ring (bicyclic) bond motifs is 1. The molecule has 8 heteroatoms. The standard InChI is InChI=1S/C30H31FN6O/c1-4-27(29-33-34-35-37(29)18-23-12-14-25(31)15-13-23)36(17-22-8-6-5-7-9-22)19-24-16-26-20(2)10-11-21(3)28(26)32-30(24)38/h5-16,27H,4,17-19H2,1-3H3,(H,32,38)/t27-/m0/s1. The van der Waals surface area contributed by atoms with Gasteiger partial charge in [0, 0.05) is 24.0 Å². The molecule has 5 aromatic rings. The highest BCUT2D eigenvalue weighted by Gasteiger charge is 2.26. The van der Waals surface area contributed by atoms with E-state index in [4.69, 9.17) is 0 Å². The smallest absolute Gasteiger partial charge is 0.252 e. The first-order valence-electron chi connectivity index (χ1n) is 12.8. The van der Waals surface area contributed by atoms with E-state index in [1.807, 2.05) is 37.3 Å². The van der Waals surface area contributed by atoms with E-state index in [0.717, 1.165) is 39.6 Å². The van der Waals surface area contributed by atoms with Gasteiger partial charge < -0.3 is 4.98 Å². The fourth-order valence-electron chi connectivity index (χ4n) is 4.98. The predicted octanol–water partition coefficient (Wildman–Crippen LogP) is 5.47. The number of hydrogen-bond acceptors (Lipinski definition) is 5. The lowest BCUT2D eigenvalue weighted by atomic mass is 10.0. The summed E-state index contributed by atoms with van der Waals surface area (Å²) in [5, 5.41) is 13.7. The maximum atomic E-state index is 13.4. The fourth-order valence-corrected chi connectivity index (χ4v) is 4.98. The predicted molar refractivity (Wildman–Crippen MR) is 146 cm³/mol. The van der Waals surface area contributed by atoms with Gasteiger partial charge in [-0.05, 0) is 71.1 Å². The molecule has 0 saturated carbocycles. The average molecular weight is 511 g/mol. The highest BCUT2D eigenvalue weighted by molar-refractivity contribution is 5.85. The molecule has 0 aliphatic heterocycles. The molecule has 0 aliphatic carbocycles. The third-order valence-corrected chi connectivity index (χ3v) is 7.05. The Kier molecular flexibility index (Phi) is 7.42. The van der Waals surface area contributed by atoms with Crippen LogP contribution in [0.1, 0.15) is 53.0 Å². The summed E-state index contributed by atoms with van der Waals surface area (Å²) in [5.74, 6) is 0.425.